The predicted octanol–water partition coefficient (Wildman–Crippen LogP) is 3.86. The Labute approximate surface area is 235 Å². The van der Waals surface area contributed by atoms with Crippen molar-refractivity contribution in [2.24, 2.45) is 5.73 Å². The molecule has 0 amide bonds. The summed E-state index contributed by atoms with van der Waals surface area (Å²) in [7, 11) is -8.74. The van der Waals surface area contributed by atoms with Crippen LogP contribution in [0.25, 0.3) is 6.08 Å². The molecule has 0 aliphatic carbocycles. The molecule has 1 aliphatic heterocycles. The second-order valence-electron chi connectivity index (χ2n) is 9.68. The molecule has 1 atom stereocenters. The van der Waals surface area contributed by atoms with E-state index in [1.165, 1.54) is 18.2 Å². The van der Waals surface area contributed by atoms with E-state index in [2.05, 4.69) is 0 Å². The highest BCUT2D eigenvalue weighted by atomic mass is 32.2. The van der Waals surface area contributed by atoms with E-state index in [0.29, 0.717) is 35.5 Å². The molecule has 216 valence electrons. The molecule has 0 aromatic heterocycles. The molecule has 1 unspecified atom stereocenters. The van der Waals surface area contributed by atoms with Gasteiger partial charge in [-0.3, -0.25) is 13.9 Å². The van der Waals surface area contributed by atoms with Crippen LogP contribution in [0, 0.1) is 0 Å². The number of hydrogen-bond acceptors (Lipinski definition) is 7. The molecule has 12 heteroatoms. The predicted molar refractivity (Wildman–Crippen MR) is 153 cm³/mol. The summed E-state index contributed by atoms with van der Waals surface area (Å²) in [6, 6.07) is 13.7. The molecule has 10 nitrogen and oxygen atoms in total. The lowest BCUT2D eigenvalue weighted by molar-refractivity contribution is -0.438. The van der Waals surface area contributed by atoms with Crippen molar-refractivity contribution in [3.63, 3.8) is 0 Å². The number of benzene rings is 2. The summed E-state index contributed by atoms with van der Waals surface area (Å²) in [6.45, 7) is 3.98. The Bertz CT molecular complexity index is 1550. The number of nitrogens with two attached hydrogens (primary N) is 1. The molecule has 0 saturated carbocycles. The second kappa shape index (κ2) is 12.9. The van der Waals surface area contributed by atoms with Crippen LogP contribution in [-0.2, 0) is 35.2 Å². The minimum absolute atomic E-state index is 0.0634. The Morgan fingerprint density at radius 2 is 1.77 bits per heavy atom. The average Bonchev–Trinajstić information content (AvgIpc) is 3.11. The summed E-state index contributed by atoms with van der Waals surface area (Å²) in [4.78, 5) is 11.8. The summed E-state index contributed by atoms with van der Waals surface area (Å²) in [5, 5.41) is 0. The van der Waals surface area contributed by atoms with E-state index in [-0.39, 0.29) is 36.9 Å². The minimum Gasteiger partial charge on any atom is -0.466 e. The first-order chi connectivity index (χ1) is 18.8. The van der Waals surface area contributed by atoms with E-state index in [1.807, 2.05) is 43.3 Å². The molecule has 1 aliphatic rings. The minimum atomic E-state index is -4.52. The van der Waals surface area contributed by atoms with Crippen LogP contribution in [0.1, 0.15) is 50.7 Å². The number of carbonyl (C=O) groups is 1. The van der Waals surface area contributed by atoms with Gasteiger partial charge in [0, 0.05) is 24.5 Å². The first-order valence-electron chi connectivity index (χ1n) is 12.8. The van der Waals surface area contributed by atoms with Crippen LogP contribution in [-0.4, -0.2) is 61.1 Å². The van der Waals surface area contributed by atoms with Gasteiger partial charge in [-0.15, -0.1) is 0 Å². The van der Waals surface area contributed by atoms with Gasteiger partial charge in [-0.2, -0.15) is 21.4 Å². The molecule has 0 spiro atoms. The SMILES string of the molecule is CCOC(=O)CCCC1(C)C(C(N)=CC=Cc2ccccc2)=[N+](CCCS(=O)(=O)O)c2ccc(S(=O)(=O)O)cc21. The van der Waals surface area contributed by atoms with Crippen LogP contribution in [0.2, 0.25) is 0 Å². The van der Waals surface area contributed by atoms with E-state index in [4.69, 9.17) is 10.5 Å². The largest absolute Gasteiger partial charge is 0.466 e. The third kappa shape index (κ3) is 7.87. The van der Waals surface area contributed by atoms with Gasteiger partial charge in [0.2, 0.25) is 11.4 Å². The van der Waals surface area contributed by atoms with Gasteiger partial charge < -0.3 is 10.5 Å². The molecule has 2 aromatic carbocycles. The van der Waals surface area contributed by atoms with Crippen molar-refractivity contribution in [1.82, 2.24) is 0 Å². The Kier molecular flexibility index (Phi) is 10.1. The van der Waals surface area contributed by atoms with E-state index in [1.54, 1.807) is 23.7 Å². The molecule has 4 N–H and O–H groups in total. The molecule has 0 fully saturated rings. The van der Waals surface area contributed by atoms with Gasteiger partial charge in [0.25, 0.3) is 20.2 Å². The van der Waals surface area contributed by atoms with Gasteiger partial charge in [0.05, 0.1) is 22.7 Å². The summed E-state index contributed by atoms with van der Waals surface area (Å²) < 4.78 is 72.8. The molecule has 0 saturated heterocycles. The maximum Gasteiger partial charge on any atom is 0.305 e. The highest BCUT2D eigenvalue weighted by Gasteiger charge is 2.50. The number of esters is 1. The zero-order valence-electron chi connectivity index (χ0n) is 22.5. The summed E-state index contributed by atoms with van der Waals surface area (Å²) in [5.41, 5.74) is 8.76. The lowest BCUT2D eigenvalue weighted by Gasteiger charge is -2.24. The molecule has 1 heterocycles. The Balaban J connectivity index is 2.13. The van der Waals surface area contributed by atoms with Crippen molar-refractivity contribution in [2.45, 2.75) is 49.8 Å². The lowest BCUT2D eigenvalue weighted by Crippen LogP contribution is -2.37. The quantitative estimate of drug-likeness (QED) is 0.136. The maximum absolute atomic E-state index is 12.1. The van der Waals surface area contributed by atoms with Crippen LogP contribution >= 0.6 is 0 Å². The smallest absolute Gasteiger partial charge is 0.305 e. The summed E-state index contributed by atoms with van der Waals surface area (Å²) in [5.74, 6) is -0.844. The van der Waals surface area contributed by atoms with Crippen molar-refractivity contribution < 1.29 is 40.0 Å². The van der Waals surface area contributed by atoms with Crippen LogP contribution in [0.4, 0.5) is 5.69 Å². The average molecular weight is 592 g/mol. The number of fused-ring (bicyclic) bond motifs is 1. The van der Waals surface area contributed by atoms with Gasteiger partial charge in [0.15, 0.2) is 6.54 Å². The van der Waals surface area contributed by atoms with E-state index in [9.17, 15) is 30.7 Å². The number of carbonyl (C=O) groups excluding carboxylic acids is 1. The zero-order valence-corrected chi connectivity index (χ0v) is 24.1. The number of allylic oxidation sites excluding steroid dienone is 3. The van der Waals surface area contributed by atoms with E-state index in [0.717, 1.165) is 5.56 Å². The number of ether oxygens (including phenoxy) is 1. The van der Waals surface area contributed by atoms with E-state index < -0.39 is 31.4 Å². The highest BCUT2D eigenvalue weighted by Crippen LogP contribution is 2.45. The second-order valence-corrected chi connectivity index (χ2v) is 12.7. The van der Waals surface area contributed by atoms with Crippen LogP contribution in [0.5, 0.6) is 0 Å². The summed E-state index contributed by atoms with van der Waals surface area (Å²) in [6.07, 6.45) is 6.30. The zero-order chi connectivity index (χ0) is 29.6. The number of nitrogens with zero attached hydrogens (tertiary/aromatic N) is 1. The Morgan fingerprint density at radius 1 is 1.07 bits per heavy atom. The molecule has 40 heavy (non-hydrogen) atoms. The third-order valence-corrected chi connectivity index (χ3v) is 8.38. The van der Waals surface area contributed by atoms with Gasteiger partial charge in [-0.1, -0.05) is 42.5 Å². The van der Waals surface area contributed by atoms with Crippen LogP contribution in [0.3, 0.4) is 0 Å². The van der Waals surface area contributed by atoms with Crippen molar-refractivity contribution in [2.75, 3.05) is 18.9 Å². The third-order valence-electron chi connectivity index (χ3n) is 6.73. The fraction of sp³-hybridized carbons (Fsp3) is 0.357. The molecule has 0 bridgehead atoms. The fourth-order valence-electron chi connectivity index (χ4n) is 4.99. The molecular formula is C28H35N2O8S2+. The number of rotatable bonds is 13. The molecule has 2 aromatic rings. The topological polar surface area (TPSA) is 164 Å². The highest BCUT2D eigenvalue weighted by molar-refractivity contribution is 7.86. The Morgan fingerprint density at radius 3 is 2.40 bits per heavy atom. The van der Waals surface area contributed by atoms with Gasteiger partial charge >= 0.3 is 5.97 Å². The van der Waals surface area contributed by atoms with Crippen molar-refractivity contribution >= 4 is 43.7 Å². The van der Waals surface area contributed by atoms with Crippen molar-refractivity contribution in [3.8, 4) is 0 Å². The lowest BCUT2D eigenvalue weighted by atomic mass is 9.74. The molecular weight excluding hydrogens is 556 g/mol. The van der Waals surface area contributed by atoms with Gasteiger partial charge in [-0.05, 0) is 50.5 Å². The van der Waals surface area contributed by atoms with Gasteiger partial charge in [-0.25, -0.2) is 0 Å². The standard InChI is InChI=1S/C28H34N2O8S2/c1-3-38-26(31)14-8-17-28(2)23-20-22(40(35,36)37)15-16-25(23)30(18-9-19-39(32,33)34)27(28)24(29)13-7-12-21-10-5-4-6-11-21/h4-7,10-13,15-16,20H,3,8-9,14,17-19,29H2,1-2H3,(H-,32,33,34,35,36,37)/p+1. The van der Waals surface area contributed by atoms with Crippen LogP contribution in [0.15, 0.2) is 71.3 Å². The van der Waals surface area contributed by atoms with Gasteiger partial charge in [0.1, 0.15) is 5.70 Å². The van der Waals surface area contributed by atoms with Crippen LogP contribution < -0.4 is 5.73 Å². The summed E-state index contributed by atoms with van der Waals surface area (Å²) >= 11 is 0. The first kappa shape index (κ1) is 31.2. The normalized spacial score (nSPS) is 17.9. The fourth-order valence-corrected chi connectivity index (χ4v) is 5.99. The maximum atomic E-state index is 12.1. The van der Waals surface area contributed by atoms with Crippen molar-refractivity contribution in [1.29, 1.82) is 0 Å². The first-order valence-corrected chi connectivity index (χ1v) is 15.9. The molecule has 3 rings (SSSR count). The van der Waals surface area contributed by atoms with Crippen molar-refractivity contribution in [3.05, 3.63) is 77.5 Å². The Hall–Kier alpha value is -3.32. The molecule has 0 radical (unpaired) electrons. The number of hydrogen-bond donors (Lipinski definition) is 3. The van der Waals surface area contributed by atoms with E-state index >= 15 is 0 Å². The monoisotopic (exact) mass is 591 g/mol.